The second kappa shape index (κ2) is 3.87. The van der Waals surface area contributed by atoms with E-state index in [2.05, 4.69) is 11.9 Å². The molecule has 0 aliphatic heterocycles. The van der Waals surface area contributed by atoms with Crippen LogP contribution in [0.15, 0.2) is 12.3 Å². The van der Waals surface area contributed by atoms with Crippen molar-refractivity contribution in [3.63, 3.8) is 0 Å². The molecule has 0 radical (unpaired) electrons. The predicted molar refractivity (Wildman–Crippen MR) is 51.2 cm³/mol. The van der Waals surface area contributed by atoms with Crippen LogP contribution in [0.3, 0.4) is 0 Å². The summed E-state index contributed by atoms with van der Waals surface area (Å²) in [5.74, 6) is 0. The monoisotopic (exact) mass is 184 g/mol. The number of nitrogens with zero attached hydrogens (tertiary/aromatic N) is 1. The van der Waals surface area contributed by atoms with Crippen LogP contribution in [0.25, 0.3) is 0 Å². The zero-order chi connectivity index (χ0) is 9.14. The molecule has 0 bridgehead atoms. The van der Waals surface area contributed by atoms with Crippen LogP contribution >= 0.6 is 11.6 Å². The SMILES string of the molecule is CC[C@H](N)c1cnc(Cl)c(C)c1. The van der Waals surface area contributed by atoms with Crippen LogP contribution in [0.5, 0.6) is 0 Å². The van der Waals surface area contributed by atoms with E-state index in [0.29, 0.717) is 5.15 Å². The molecule has 0 amide bonds. The first-order chi connectivity index (χ1) is 5.65. The first-order valence-electron chi connectivity index (χ1n) is 4.02. The van der Waals surface area contributed by atoms with Crippen LogP contribution in [0.2, 0.25) is 5.15 Å². The minimum Gasteiger partial charge on any atom is -0.324 e. The number of aromatic nitrogens is 1. The molecule has 0 unspecified atom stereocenters. The highest BCUT2D eigenvalue weighted by molar-refractivity contribution is 6.30. The first-order valence-corrected chi connectivity index (χ1v) is 4.40. The maximum atomic E-state index is 5.83. The van der Waals surface area contributed by atoms with Crippen LogP contribution in [0, 0.1) is 6.92 Å². The second-order valence-corrected chi connectivity index (χ2v) is 3.25. The van der Waals surface area contributed by atoms with E-state index in [1.165, 1.54) is 0 Å². The Morgan fingerprint density at radius 2 is 2.33 bits per heavy atom. The number of hydrogen-bond donors (Lipinski definition) is 1. The quantitative estimate of drug-likeness (QED) is 0.718. The molecule has 0 fully saturated rings. The third kappa shape index (κ3) is 1.96. The lowest BCUT2D eigenvalue weighted by molar-refractivity contribution is 0.694. The summed E-state index contributed by atoms with van der Waals surface area (Å²) in [6.45, 7) is 3.98. The molecule has 2 N–H and O–H groups in total. The number of hydrogen-bond acceptors (Lipinski definition) is 2. The van der Waals surface area contributed by atoms with Gasteiger partial charge in [-0.1, -0.05) is 18.5 Å². The Morgan fingerprint density at radius 1 is 1.67 bits per heavy atom. The number of halogens is 1. The Morgan fingerprint density at radius 3 is 2.83 bits per heavy atom. The summed E-state index contributed by atoms with van der Waals surface area (Å²) >= 11 is 5.78. The van der Waals surface area contributed by atoms with Gasteiger partial charge in [-0.3, -0.25) is 0 Å². The Labute approximate surface area is 77.8 Å². The fraction of sp³-hybridized carbons (Fsp3) is 0.444. The Kier molecular flexibility index (Phi) is 3.06. The predicted octanol–water partition coefficient (Wildman–Crippen LogP) is 2.45. The largest absolute Gasteiger partial charge is 0.324 e. The van der Waals surface area contributed by atoms with Gasteiger partial charge in [0.05, 0.1) is 0 Å². The minimum absolute atomic E-state index is 0.0773. The van der Waals surface area contributed by atoms with E-state index < -0.39 is 0 Å². The molecule has 0 saturated heterocycles. The highest BCUT2D eigenvalue weighted by atomic mass is 35.5. The van der Waals surface area contributed by atoms with Gasteiger partial charge >= 0.3 is 0 Å². The summed E-state index contributed by atoms with van der Waals surface area (Å²) in [6.07, 6.45) is 2.66. The third-order valence-corrected chi connectivity index (χ3v) is 2.30. The number of rotatable bonds is 2. The van der Waals surface area contributed by atoms with Gasteiger partial charge < -0.3 is 5.73 Å². The van der Waals surface area contributed by atoms with Gasteiger partial charge in [-0.15, -0.1) is 0 Å². The zero-order valence-electron chi connectivity index (χ0n) is 7.34. The smallest absolute Gasteiger partial charge is 0.131 e. The first kappa shape index (κ1) is 9.49. The highest BCUT2D eigenvalue weighted by Crippen LogP contribution is 2.18. The van der Waals surface area contributed by atoms with E-state index >= 15 is 0 Å². The zero-order valence-corrected chi connectivity index (χ0v) is 8.10. The summed E-state index contributed by atoms with van der Waals surface area (Å²) in [4.78, 5) is 4.03. The average Bonchev–Trinajstić information content (AvgIpc) is 2.08. The molecular weight excluding hydrogens is 172 g/mol. The van der Waals surface area contributed by atoms with Crippen molar-refractivity contribution in [1.82, 2.24) is 4.98 Å². The fourth-order valence-electron chi connectivity index (χ4n) is 1.02. The van der Waals surface area contributed by atoms with Crippen LogP contribution in [-0.4, -0.2) is 4.98 Å². The molecular formula is C9H13ClN2. The number of nitrogens with two attached hydrogens (primary N) is 1. The Hall–Kier alpha value is -0.600. The molecule has 1 rings (SSSR count). The van der Waals surface area contributed by atoms with Crippen LogP contribution < -0.4 is 5.73 Å². The van der Waals surface area contributed by atoms with Crippen molar-refractivity contribution in [2.75, 3.05) is 0 Å². The molecule has 2 nitrogen and oxygen atoms in total. The lowest BCUT2D eigenvalue weighted by Gasteiger charge is -2.09. The maximum Gasteiger partial charge on any atom is 0.131 e. The van der Waals surface area contributed by atoms with E-state index in [-0.39, 0.29) is 6.04 Å². The van der Waals surface area contributed by atoms with Gasteiger partial charge in [-0.2, -0.15) is 0 Å². The number of pyridine rings is 1. The molecule has 1 atom stereocenters. The van der Waals surface area contributed by atoms with Crippen molar-refractivity contribution in [3.8, 4) is 0 Å². The van der Waals surface area contributed by atoms with E-state index in [4.69, 9.17) is 17.3 Å². The van der Waals surface area contributed by atoms with Crippen molar-refractivity contribution in [1.29, 1.82) is 0 Å². The van der Waals surface area contributed by atoms with Gasteiger partial charge in [0.15, 0.2) is 0 Å². The van der Waals surface area contributed by atoms with Gasteiger partial charge in [0.1, 0.15) is 5.15 Å². The third-order valence-electron chi connectivity index (χ3n) is 1.90. The normalized spacial score (nSPS) is 13.0. The fourth-order valence-corrected chi connectivity index (χ4v) is 1.12. The Balaban J connectivity index is 2.96. The molecule has 0 aromatic carbocycles. The molecule has 1 aromatic rings. The highest BCUT2D eigenvalue weighted by Gasteiger charge is 2.05. The summed E-state index contributed by atoms with van der Waals surface area (Å²) in [5.41, 5.74) is 7.87. The van der Waals surface area contributed by atoms with E-state index in [1.54, 1.807) is 6.20 Å². The molecule has 12 heavy (non-hydrogen) atoms. The van der Waals surface area contributed by atoms with E-state index in [0.717, 1.165) is 17.5 Å². The second-order valence-electron chi connectivity index (χ2n) is 2.89. The van der Waals surface area contributed by atoms with Crippen molar-refractivity contribution in [2.24, 2.45) is 5.73 Å². The molecule has 3 heteroatoms. The summed E-state index contributed by atoms with van der Waals surface area (Å²) in [6, 6.07) is 2.07. The van der Waals surface area contributed by atoms with Gasteiger partial charge in [-0.05, 0) is 30.5 Å². The average molecular weight is 185 g/mol. The molecule has 0 spiro atoms. The van der Waals surface area contributed by atoms with E-state index in [1.807, 2.05) is 13.0 Å². The molecule has 1 heterocycles. The topological polar surface area (TPSA) is 38.9 Å². The molecule has 0 aliphatic rings. The molecule has 0 saturated carbocycles. The molecule has 66 valence electrons. The summed E-state index contributed by atoms with van der Waals surface area (Å²) < 4.78 is 0. The van der Waals surface area contributed by atoms with Crippen LogP contribution in [-0.2, 0) is 0 Å². The van der Waals surface area contributed by atoms with Crippen LogP contribution in [0.4, 0.5) is 0 Å². The van der Waals surface area contributed by atoms with Crippen molar-refractivity contribution in [2.45, 2.75) is 26.3 Å². The van der Waals surface area contributed by atoms with Crippen molar-refractivity contribution >= 4 is 11.6 Å². The van der Waals surface area contributed by atoms with Crippen molar-refractivity contribution < 1.29 is 0 Å². The molecule has 0 aliphatic carbocycles. The van der Waals surface area contributed by atoms with Gasteiger partial charge in [0, 0.05) is 12.2 Å². The molecule has 1 aromatic heterocycles. The maximum absolute atomic E-state index is 5.83. The van der Waals surface area contributed by atoms with E-state index in [9.17, 15) is 0 Å². The van der Waals surface area contributed by atoms with Crippen molar-refractivity contribution in [3.05, 3.63) is 28.5 Å². The Bertz CT molecular complexity index is 273. The van der Waals surface area contributed by atoms with Gasteiger partial charge in [-0.25, -0.2) is 4.98 Å². The van der Waals surface area contributed by atoms with Gasteiger partial charge in [0.25, 0.3) is 0 Å². The number of aryl methyl sites for hydroxylation is 1. The lowest BCUT2D eigenvalue weighted by atomic mass is 10.1. The summed E-state index contributed by atoms with van der Waals surface area (Å²) in [5, 5.41) is 0.557. The lowest BCUT2D eigenvalue weighted by Crippen LogP contribution is -2.09. The van der Waals surface area contributed by atoms with Gasteiger partial charge in [0.2, 0.25) is 0 Å². The van der Waals surface area contributed by atoms with Crippen LogP contribution in [0.1, 0.15) is 30.5 Å². The standard InChI is InChI=1S/C9H13ClN2/c1-3-8(11)7-4-6(2)9(10)12-5-7/h4-5,8H,3,11H2,1-2H3/t8-/m0/s1. The minimum atomic E-state index is 0.0773. The summed E-state index contributed by atoms with van der Waals surface area (Å²) in [7, 11) is 0.